The zero-order chi connectivity index (χ0) is 16.9. The van der Waals surface area contributed by atoms with Crippen molar-refractivity contribution in [3.63, 3.8) is 0 Å². The van der Waals surface area contributed by atoms with Gasteiger partial charge in [-0.1, -0.05) is 37.3 Å². The van der Waals surface area contributed by atoms with Crippen molar-refractivity contribution in [2.75, 3.05) is 18.8 Å². The Hall–Kier alpha value is -1.44. The molecule has 23 heavy (non-hydrogen) atoms. The van der Waals surface area contributed by atoms with E-state index < -0.39 is 16.1 Å². The highest BCUT2D eigenvalue weighted by molar-refractivity contribution is 7.89. The van der Waals surface area contributed by atoms with Crippen LogP contribution in [-0.2, 0) is 14.8 Å². The minimum Gasteiger partial charge on any atom is -0.368 e. The van der Waals surface area contributed by atoms with Gasteiger partial charge in [0.15, 0.2) is 0 Å². The molecule has 2 rings (SSSR count). The van der Waals surface area contributed by atoms with Crippen molar-refractivity contribution in [2.24, 2.45) is 5.73 Å². The molecule has 1 aliphatic heterocycles. The first-order chi connectivity index (χ1) is 10.9. The van der Waals surface area contributed by atoms with E-state index >= 15 is 0 Å². The van der Waals surface area contributed by atoms with E-state index in [1.165, 1.54) is 0 Å². The van der Waals surface area contributed by atoms with Crippen LogP contribution < -0.4 is 10.5 Å². The summed E-state index contributed by atoms with van der Waals surface area (Å²) in [6.45, 7) is 3.13. The number of nitrogens with zero attached hydrogens (tertiary/aromatic N) is 1. The van der Waals surface area contributed by atoms with Gasteiger partial charge in [-0.3, -0.25) is 9.69 Å². The standard InChI is InChI=1S/C16H25N3O3S/c1-2-12-23(21,22)18-14-8-10-19(11-9-14)15(16(17)20)13-6-4-3-5-7-13/h3-7,14-15,18H,2,8-12H2,1H3,(H2,17,20)/t15-/m1/s1. The summed E-state index contributed by atoms with van der Waals surface area (Å²) < 4.78 is 26.4. The summed E-state index contributed by atoms with van der Waals surface area (Å²) in [6.07, 6.45) is 1.96. The minimum atomic E-state index is -3.20. The van der Waals surface area contributed by atoms with Gasteiger partial charge in [-0.2, -0.15) is 0 Å². The average molecular weight is 339 g/mol. The second kappa shape index (κ2) is 7.90. The Morgan fingerprint density at radius 3 is 2.43 bits per heavy atom. The average Bonchev–Trinajstić information content (AvgIpc) is 2.49. The third-order valence-electron chi connectivity index (χ3n) is 4.10. The quantitative estimate of drug-likeness (QED) is 0.775. The first-order valence-corrected chi connectivity index (χ1v) is 9.66. The second-order valence-corrected chi connectivity index (χ2v) is 7.84. The van der Waals surface area contributed by atoms with Crippen molar-refractivity contribution >= 4 is 15.9 Å². The van der Waals surface area contributed by atoms with Crippen LogP contribution in [0.3, 0.4) is 0 Å². The van der Waals surface area contributed by atoms with Crippen molar-refractivity contribution in [3.8, 4) is 0 Å². The smallest absolute Gasteiger partial charge is 0.239 e. The van der Waals surface area contributed by atoms with Gasteiger partial charge < -0.3 is 5.73 Å². The number of rotatable bonds is 7. The monoisotopic (exact) mass is 339 g/mol. The van der Waals surface area contributed by atoms with E-state index in [1.807, 2.05) is 42.2 Å². The van der Waals surface area contributed by atoms with Crippen LogP contribution in [0, 0.1) is 0 Å². The number of carbonyl (C=O) groups is 1. The number of amides is 1. The van der Waals surface area contributed by atoms with Gasteiger partial charge >= 0.3 is 0 Å². The van der Waals surface area contributed by atoms with Crippen molar-refractivity contribution in [1.29, 1.82) is 0 Å². The number of hydrogen-bond donors (Lipinski definition) is 2. The van der Waals surface area contributed by atoms with E-state index in [0.29, 0.717) is 32.4 Å². The van der Waals surface area contributed by atoms with Crippen LogP contribution >= 0.6 is 0 Å². The Morgan fingerprint density at radius 1 is 1.30 bits per heavy atom. The largest absolute Gasteiger partial charge is 0.368 e. The molecule has 0 aromatic heterocycles. The van der Waals surface area contributed by atoms with Gasteiger partial charge in [0.1, 0.15) is 6.04 Å². The van der Waals surface area contributed by atoms with Gasteiger partial charge in [-0.05, 0) is 24.8 Å². The van der Waals surface area contributed by atoms with Crippen LogP contribution in [0.15, 0.2) is 30.3 Å². The lowest BCUT2D eigenvalue weighted by atomic mass is 9.99. The molecule has 0 saturated carbocycles. The predicted molar refractivity (Wildman–Crippen MR) is 90.2 cm³/mol. The lowest BCUT2D eigenvalue weighted by molar-refractivity contribution is -0.124. The molecular weight excluding hydrogens is 314 g/mol. The van der Waals surface area contributed by atoms with E-state index in [1.54, 1.807) is 0 Å². The van der Waals surface area contributed by atoms with E-state index in [9.17, 15) is 13.2 Å². The molecule has 0 radical (unpaired) electrons. The number of sulfonamides is 1. The van der Waals surface area contributed by atoms with Crippen molar-refractivity contribution in [1.82, 2.24) is 9.62 Å². The highest BCUT2D eigenvalue weighted by Gasteiger charge is 2.30. The Morgan fingerprint density at radius 2 is 1.91 bits per heavy atom. The number of likely N-dealkylation sites (tertiary alicyclic amines) is 1. The fourth-order valence-corrected chi connectivity index (χ4v) is 4.45. The van der Waals surface area contributed by atoms with Crippen molar-refractivity contribution in [3.05, 3.63) is 35.9 Å². The SMILES string of the molecule is CCCS(=O)(=O)NC1CCN([C@@H](C(N)=O)c2ccccc2)CC1. The first-order valence-electron chi connectivity index (χ1n) is 8.01. The molecule has 1 heterocycles. The number of piperidine rings is 1. The maximum absolute atomic E-state index is 11.9. The number of carbonyl (C=O) groups excluding carboxylic acids is 1. The molecule has 0 spiro atoms. The summed E-state index contributed by atoms with van der Waals surface area (Å²) in [5, 5.41) is 0. The van der Waals surface area contributed by atoms with Crippen LogP contribution in [0.5, 0.6) is 0 Å². The molecular formula is C16H25N3O3S. The maximum Gasteiger partial charge on any atom is 0.239 e. The van der Waals surface area contributed by atoms with Gasteiger partial charge in [-0.15, -0.1) is 0 Å². The summed E-state index contributed by atoms with van der Waals surface area (Å²) in [5.41, 5.74) is 6.46. The van der Waals surface area contributed by atoms with Crippen molar-refractivity contribution < 1.29 is 13.2 Å². The molecule has 3 N–H and O–H groups in total. The molecule has 1 atom stereocenters. The van der Waals surface area contributed by atoms with Crippen LogP contribution in [0.25, 0.3) is 0 Å². The number of benzene rings is 1. The third kappa shape index (κ3) is 5.02. The molecule has 1 aromatic carbocycles. The molecule has 128 valence electrons. The summed E-state index contributed by atoms with van der Waals surface area (Å²) in [4.78, 5) is 13.9. The maximum atomic E-state index is 11.9. The predicted octanol–water partition coefficient (Wildman–Crippen LogP) is 1.01. The zero-order valence-corrected chi connectivity index (χ0v) is 14.3. The lowest BCUT2D eigenvalue weighted by Crippen LogP contribution is -2.48. The Bertz CT molecular complexity index is 611. The molecule has 7 heteroatoms. The summed E-state index contributed by atoms with van der Waals surface area (Å²) in [7, 11) is -3.20. The van der Waals surface area contributed by atoms with E-state index in [2.05, 4.69) is 4.72 Å². The number of hydrogen-bond acceptors (Lipinski definition) is 4. The first kappa shape index (κ1) is 17.9. The number of nitrogens with two attached hydrogens (primary N) is 1. The van der Waals surface area contributed by atoms with Gasteiger partial charge in [0.05, 0.1) is 5.75 Å². The second-order valence-electron chi connectivity index (χ2n) is 5.96. The number of primary amides is 1. The van der Waals surface area contributed by atoms with Gasteiger partial charge in [-0.25, -0.2) is 13.1 Å². The fraction of sp³-hybridized carbons (Fsp3) is 0.562. The van der Waals surface area contributed by atoms with Gasteiger partial charge in [0, 0.05) is 19.1 Å². The highest BCUT2D eigenvalue weighted by atomic mass is 32.2. The Balaban J connectivity index is 1.98. The molecule has 1 aromatic rings. The molecule has 0 bridgehead atoms. The van der Waals surface area contributed by atoms with E-state index in [0.717, 1.165) is 5.56 Å². The summed E-state index contributed by atoms with van der Waals surface area (Å²) in [5.74, 6) is -0.220. The molecule has 0 unspecified atom stereocenters. The normalized spacial score (nSPS) is 18.7. The topological polar surface area (TPSA) is 92.5 Å². The highest BCUT2D eigenvalue weighted by Crippen LogP contribution is 2.24. The van der Waals surface area contributed by atoms with Crippen molar-refractivity contribution in [2.45, 2.75) is 38.3 Å². The lowest BCUT2D eigenvalue weighted by Gasteiger charge is -2.36. The van der Waals surface area contributed by atoms with Crippen LogP contribution in [0.2, 0.25) is 0 Å². The molecule has 1 fully saturated rings. The minimum absolute atomic E-state index is 0.0629. The summed E-state index contributed by atoms with van der Waals surface area (Å²) >= 11 is 0. The van der Waals surface area contributed by atoms with Gasteiger partial charge in [0.25, 0.3) is 0 Å². The van der Waals surface area contributed by atoms with Gasteiger partial charge in [0.2, 0.25) is 15.9 Å². The third-order valence-corrected chi connectivity index (χ3v) is 5.74. The number of nitrogens with one attached hydrogen (secondary N) is 1. The zero-order valence-electron chi connectivity index (χ0n) is 13.4. The molecule has 6 nitrogen and oxygen atoms in total. The molecule has 1 aliphatic rings. The summed E-state index contributed by atoms with van der Waals surface area (Å²) in [6, 6.07) is 8.94. The van der Waals surface area contributed by atoms with E-state index in [4.69, 9.17) is 5.73 Å². The van der Waals surface area contributed by atoms with Crippen LogP contribution in [0.4, 0.5) is 0 Å². The van der Waals surface area contributed by atoms with E-state index in [-0.39, 0.29) is 17.7 Å². The molecule has 0 aliphatic carbocycles. The fourth-order valence-electron chi connectivity index (χ4n) is 3.05. The Kier molecular flexibility index (Phi) is 6.15. The molecule has 1 amide bonds. The molecule has 1 saturated heterocycles. The Labute approximate surface area is 138 Å². The van der Waals surface area contributed by atoms with Crippen LogP contribution in [-0.4, -0.2) is 44.1 Å². The van der Waals surface area contributed by atoms with Crippen LogP contribution in [0.1, 0.15) is 37.8 Å².